The number of anilines is 1. The van der Waals surface area contributed by atoms with Crippen molar-refractivity contribution < 1.29 is 19.1 Å². The predicted molar refractivity (Wildman–Crippen MR) is 156 cm³/mol. The van der Waals surface area contributed by atoms with E-state index in [-0.39, 0.29) is 36.1 Å². The van der Waals surface area contributed by atoms with E-state index in [9.17, 15) is 14.4 Å². The minimum atomic E-state index is 0.0697. The van der Waals surface area contributed by atoms with Crippen molar-refractivity contribution in [2.45, 2.75) is 39.2 Å². The molecule has 3 heterocycles. The second-order valence-electron chi connectivity index (χ2n) is 11.9. The summed E-state index contributed by atoms with van der Waals surface area (Å²) in [6, 6.07) is 6.32. The van der Waals surface area contributed by atoms with Crippen LogP contribution < -0.4 is 15.0 Å². The lowest BCUT2D eigenvalue weighted by atomic mass is 9.80. The summed E-state index contributed by atoms with van der Waals surface area (Å²) in [5.41, 5.74) is 2.20. The Morgan fingerprint density at radius 2 is 1.75 bits per heavy atom. The first-order chi connectivity index (χ1) is 19.2. The van der Waals surface area contributed by atoms with Gasteiger partial charge in [0.15, 0.2) is 0 Å². The van der Waals surface area contributed by atoms with Crippen molar-refractivity contribution in [2.24, 2.45) is 11.8 Å². The normalized spacial score (nSPS) is 22.5. The molecule has 1 aromatic carbocycles. The molecule has 3 aliphatic heterocycles. The molecule has 0 saturated carbocycles. The highest BCUT2D eigenvalue weighted by Crippen LogP contribution is 2.32. The maximum atomic E-state index is 13.2. The van der Waals surface area contributed by atoms with Crippen LogP contribution in [0.25, 0.3) is 0 Å². The van der Waals surface area contributed by atoms with E-state index in [1.807, 2.05) is 9.80 Å². The first-order valence-electron chi connectivity index (χ1n) is 14.8. The number of carbonyl (C=O) groups is 3. The van der Waals surface area contributed by atoms with E-state index in [0.29, 0.717) is 58.8 Å². The zero-order chi connectivity index (χ0) is 28.6. The van der Waals surface area contributed by atoms with Gasteiger partial charge in [0.1, 0.15) is 5.75 Å². The summed E-state index contributed by atoms with van der Waals surface area (Å²) in [5, 5.41) is 3.36. The Kier molecular flexibility index (Phi) is 10.7. The SMILES string of the molecule is CC(=O)N1CCN(C(=O)C[C@@H]2CCN3C[C@@H]2CCCOc2ccc(N(C)CCN(C)C)cc2CNCC3=O)CC1. The van der Waals surface area contributed by atoms with Crippen molar-refractivity contribution in [1.82, 2.24) is 24.9 Å². The van der Waals surface area contributed by atoms with Gasteiger partial charge >= 0.3 is 0 Å². The Labute approximate surface area is 239 Å². The van der Waals surface area contributed by atoms with Gasteiger partial charge in [0.05, 0.1) is 13.2 Å². The van der Waals surface area contributed by atoms with Crippen LogP contribution in [0.2, 0.25) is 0 Å². The maximum Gasteiger partial charge on any atom is 0.236 e. The van der Waals surface area contributed by atoms with E-state index in [1.165, 1.54) is 0 Å². The van der Waals surface area contributed by atoms with Crippen LogP contribution in [0.1, 0.15) is 38.2 Å². The van der Waals surface area contributed by atoms with Crippen molar-refractivity contribution in [1.29, 1.82) is 0 Å². The van der Waals surface area contributed by atoms with Gasteiger partial charge in [-0.3, -0.25) is 14.4 Å². The number of nitrogens with zero attached hydrogens (tertiary/aromatic N) is 5. The van der Waals surface area contributed by atoms with Crippen LogP contribution in [0.4, 0.5) is 5.69 Å². The summed E-state index contributed by atoms with van der Waals surface area (Å²) >= 11 is 0. The molecule has 10 heteroatoms. The number of benzene rings is 1. The molecule has 3 aliphatic rings. The molecule has 2 atom stereocenters. The molecule has 2 fully saturated rings. The summed E-state index contributed by atoms with van der Waals surface area (Å²) in [5.74, 6) is 1.76. The molecule has 0 unspecified atom stereocenters. The fourth-order valence-corrected chi connectivity index (χ4v) is 6.03. The molecule has 1 aromatic rings. The molecular weight excluding hydrogens is 508 g/mol. The maximum absolute atomic E-state index is 13.2. The summed E-state index contributed by atoms with van der Waals surface area (Å²) in [6.45, 7) is 8.77. The van der Waals surface area contributed by atoms with Crippen LogP contribution in [-0.4, -0.2) is 124 Å². The first-order valence-corrected chi connectivity index (χ1v) is 14.8. The van der Waals surface area contributed by atoms with E-state index >= 15 is 0 Å². The molecule has 0 aliphatic carbocycles. The fourth-order valence-electron chi connectivity index (χ4n) is 6.03. The van der Waals surface area contributed by atoms with Crippen LogP contribution in [0, 0.1) is 11.8 Å². The topological polar surface area (TPSA) is 88.7 Å². The largest absolute Gasteiger partial charge is 0.493 e. The van der Waals surface area contributed by atoms with Crippen molar-refractivity contribution in [2.75, 3.05) is 91.6 Å². The monoisotopic (exact) mass is 556 g/mol. The molecule has 4 rings (SSSR count). The van der Waals surface area contributed by atoms with E-state index in [4.69, 9.17) is 4.74 Å². The second-order valence-corrected chi connectivity index (χ2v) is 11.9. The first kappa shape index (κ1) is 30.1. The van der Waals surface area contributed by atoms with Crippen molar-refractivity contribution in [3.8, 4) is 5.75 Å². The quantitative estimate of drug-likeness (QED) is 0.568. The Hall–Kier alpha value is -2.85. The second kappa shape index (κ2) is 14.2. The molecule has 1 N–H and O–H groups in total. The number of fused-ring (bicyclic) bond motifs is 3. The Bertz CT molecular complexity index is 1030. The Balaban J connectivity index is 1.38. The van der Waals surface area contributed by atoms with Gasteiger partial charge in [0.25, 0.3) is 0 Å². The molecule has 2 bridgehead atoms. The predicted octanol–water partition coefficient (Wildman–Crippen LogP) is 1.49. The van der Waals surface area contributed by atoms with Gasteiger partial charge in [-0.15, -0.1) is 0 Å². The van der Waals surface area contributed by atoms with Gasteiger partial charge in [-0.1, -0.05) is 0 Å². The lowest BCUT2D eigenvalue weighted by Gasteiger charge is -2.40. The standard InChI is InChI=1S/C30H48N6O4/c1-23(37)34-13-15-35(16-14-34)29(38)19-24-9-10-36-22-25(24)6-5-17-40-28-8-7-27(33(4)12-11-32(2)3)18-26(28)20-31-21-30(36)39/h7-8,18,24-25,31H,5-6,9-17,19-22H2,1-4H3/t24-,25-/m0/s1. The van der Waals surface area contributed by atoms with Crippen LogP contribution in [-0.2, 0) is 20.9 Å². The molecule has 2 saturated heterocycles. The zero-order valence-corrected chi connectivity index (χ0v) is 24.9. The highest BCUT2D eigenvalue weighted by Gasteiger charge is 2.34. The molecule has 0 radical (unpaired) electrons. The van der Waals surface area contributed by atoms with Crippen LogP contribution in [0.3, 0.4) is 0 Å². The van der Waals surface area contributed by atoms with Crippen LogP contribution in [0.5, 0.6) is 5.75 Å². The summed E-state index contributed by atoms with van der Waals surface area (Å²) in [4.78, 5) is 48.1. The van der Waals surface area contributed by atoms with Gasteiger partial charge in [0, 0.05) is 90.5 Å². The van der Waals surface area contributed by atoms with Gasteiger partial charge in [-0.2, -0.15) is 0 Å². The number of likely N-dealkylation sites (N-methyl/N-ethyl adjacent to an activating group) is 2. The van der Waals surface area contributed by atoms with E-state index in [1.54, 1.807) is 11.8 Å². The van der Waals surface area contributed by atoms with Gasteiger partial charge in [-0.05, 0) is 63.4 Å². The number of hydrogen-bond acceptors (Lipinski definition) is 7. The van der Waals surface area contributed by atoms with E-state index in [0.717, 1.165) is 49.4 Å². The Morgan fingerprint density at radius 3 is 2.48 bits per heavy atom. The summed E-state index contributed by atoms with van der Waals surface area (Å²) in [6.07, 6.45) is 3.16. The zero-order valence-electron chi connectivity index (χ0n) is 24.9. The minimum Gasteiger partial charge on any atom is -0.493 e. The number of rotatable bonds is 6. The van der Waals surface area contributed by atoms with Crippen LogP contribution in [0.15, 0.2) is 18.2 Å². The molecule has 40 heavy (non-hydrogen) atoms. The third-order valence-corrected chi connectivity index (χ3v) is 8.69. The summed E-state index contributed by atoms with van der Waals surface area (Å²) < 4.78 is 6.27. The number of piperidine rings is 1. The molecule has 3 amide bonds. The highest BCUT2D eigenvalue weighted by molar-refractivity contribution is 5.79. The van der Waals surface area contributed by atoms with E-state index < -0.39 is 0 Å². The van der Waals surface area contributed by atoms with Gasteiger partial charge in [-0.25, -0.2) is 0 Å². The lowest BCUT2D eigenvalue weighted by Crippen LogP contribution is -2.51. The summed E-state index contributed by atoms with van der Waals surface area (Å²) in [7, 11) is 6.25. The number of piperazine rings is 1. The average molecular weight is 557 g/mol. The smallest absolute Gasteiger partial charge is 0.236 e. The number of ether oxygens (including phenoxy) is 1. The molecule has 0 spiro atoms. The highest BCUT2D eigenvalue weighted by atomic mass is 16.5. The minimum absolute atomic E-state index is 0.0697. The van der Waals surface area contributed by atoms with E-state index in [2.05, 4.69) is 54.5 Å². The number of nitrogens with one attached hydrogen (secondary N) is 1. The van der Waals surface area contributed by atoms with Crippen molar-refractivity contribution in [3.05, 3.63) is 23.8 Å². The number of hydrogen-bond donors (Lipinski definition) is 1. The van der Waals surface area contributed by atoms with Crippen molar-refractivity contribution >= 4 is 23.4 Å². The fraction of sp³-hybridized carbons (Fsp3) is 0.700. The Morgan fingerprint density at radius 1 is 1.00 bits per heavy atom. The number of carbonyl (C=O) groups excluding carboxylic acids is 3. The van der Waals surface area contributed by atoms with Crippen LogP contribution >= 0.6 is 0 Å². The molecular formula is C30H48N6O4. The third-order valence-electron chi connectivity index (χ3n) is 8.69. The van der Waals surface area contributed by atoms with Crippen molar-refractivity contribution in [3.63, 3.8) is 0 Å². The third kappa shape index (κ3) is 8.10. The average Bonchev–Trinajstić information content (AvgIpc) is 2.95. The molecule has 10 nitrogen and oxygen atoms in total. The van der Waals surface area contributed by atoms with Gasteiger partial charge < -0.3 is 34.6 Å². The number of amides is 3. The molecule has 222 valence electrons. The lowest BCUT2D eigenvalue weighted by molar-refractivity contribution is -0.140. The molecule has 0 aromatic heterocycles. The van der Waals surface area contributed by atoms with Gasteiger partial charge in [0.2, 0.25) is 17.7 Å².